The molecule has 0 saturated carbocycles. The van der Waals surface area contributed by atoms with Gasteiger partial charge in [-0.1, -0.05) is 0 Å². The van der Waals surface area contributed by atoms with Gasteiger partial charge in [-0.15, -0.1) is 0 Å². The first kappa shape index (κ1) is 21.7. The molecular weight excluding hydrogens is 664 g/mol. The molecular formula is C12H16I3N2O5P. The summed E-state index contributed by atoms with van der Waals surface area (Å²) in [6.07, 6.45) is -0.982. The summed E-state index contributed by atoms with van der Waals surface area (Å²) in [7, 11) is -0.849. The molecule has 1 aromatic rings. The molecule has 0 spiro atoms. The summed E-state index contributed by atoms with van der Waals surface area (Å²) >= 11 is 6.17. The first-order valence-electron chi connectivity index (χ1n) is 6.17. The van der Waals surface area contributed by atoms with Gasteiger partial charge >= 0.3 is 13.6 Å². The quantitative estimate of drug-likeness (QED) is 0.204. The van der Waals surface area contributed by atoms with E-state index in [2.05, 4.69) is 67.8 Å². The number of nitrogen functional groups attached to an aromatic ring is 2. The Labute approximate surface area is 175 Å². The van der Waals surface area contributed by atoms with Crippen molar-refractivity contribution in [2.45, 2.75) is 13.0 Å². The van der Waals surface area contributed by atoms with E-state index in [1.165, 1.54) is 21.1 Å². The first-order chi connectivity index (χ1) is 10.6. The summed E-state index contributed by atoms with van der Waals surface area (Å²) < 4.78 is 29.8. The molecule has 0 radical (unpaired) electrons. The molecule has 11 heteroatoms. The highest BCUT2D eigenvalue weighted by atomic mass is 127. The predicted molar refractivity (Wildman–Crippen MR) is 114 cm³/mol. The van der Waals surface area contributed by atoms with Gasteiger partial charge in [0.15, 0.2) is 0 Å². The zero-order valence-corrected chi connectivity index (χ0v) is 19.9. The Kier molecular flexibility index (Phi) is 8.32. The van der Waals surface area contributed by atoms with Crippen molar-refractivity contribution in [2.24, 2.45) is 0 Å². The van der Waals surface area contributed by atoms with Gasteiger partial charge in [-0.25, -0.2) is 0 Å². The molecule has 0 fully saturated rings. The van der Waals surface area contributed by atoms with Gasteiger partial charge in [-0.2, -0.15) is 0 Å². The third-order valence-electron chi connectivity index (χ3n) is 2.99. The summed E-state index contributed by atoms with van der Waals surface area (Å²) in [6.45, 7) is 1.27. The highest BCUT2D eigenvalue weighted by Gasteiger charge is 2.34. The standard InChI is InChI=1S/C12H16I3N2O5P/c1-5(18)22-6(4-23(19,20-2)21-3)7-8(13)11(16)10(15)12(17)9(7)14/h6H,4,16-17H2,1-3H3. The van der Waals surface area contributed by atoms with Crippen LogP contribution in [0.4, 0.5) is 11.4 Å². The molecule has 7 nitrogen and oxygen atoms in total. The van der Waals surface area contributed by atoms with Gasteiger partial charge in [0.05, 0.1) is 21.1 Å². The van der Waals surface area contributed by atoms with E-state index in [-0.39, 0.29) is 6.16 Å². The van der Waals surface area contributed by atoms with Gasteiger partial charge in [-0.05, 0) is 67.8 Å². The number of carbonyl (C=O) groups excluding carboxylic acids is 1. The third kappa shape index (κ3) is 5.06. The van der Waals surface area contributed by atoms with Crippen LogP contribution in [0.1, 0.15) is 18.6 Å². The highest BCUT2D eigenvalue weighted by Crippen LogP contribution is 2.51. The summed E-state index contributed by atoms with van der Waals surface area (Å²) in [5, 5.41) is 0. The fourth-order valence-electron chi connectivity index (χ4n) is 1.82. The normalized spacial score (nSPS) is 13.0. The molecule has 0 bridgehead atoms. The first-order valence-corrected chi connectivity index (χ1v) is 11.1. The van der Waals surface area contributed by atoms with Gasteiger partial charge in [-0.3, -0.25) is 9.36 Å². The second kappa shape index (κ2) is 8.83. The van der Waals surface area contributed by atoms with E-state index in [4.69, 9.17) is 25.3 Å². The second-order valence-corrected chi connectivity index (χ2v) is 9.99. The van der Waals surface area contributed by atoms with Crippen LogP contribution in [0, 0.1) is 10.7 Å². The summed E-state index contributed by atoms with van der Waals surface area (Å²) in [4.78, 5) is 11.5. The van der Waals surface area contributed by atoms with Crippen LogP contribution in [0.25, 0.3) is 0 Å². The minimum atomic E-state index is -3.41. The number of esters is 1. The van der Waals surface area contributed by atoms with Crippen LogP contribution in [-0.4, -0.2) is 26.4 Å². The topological polar surface area (TPSA) is 114 Å². The lowest BCUT2D eigenvalue weighted by molar-refractivity contribution is -0.145. The zero-order valence-electron chi connectivity index (χ0n) is 12.6. The molecule has 1 unspecified atom stereocenters. The number of nitrogens with two attached hydrogens (primary N) is 2. The largest absolute Gasteiger partial charge is 0.457 e. The third-order valence-corrected chi connectivity index (χ3v) is 8.37. The molecule has 1 rings (SSSR count). The van der Waals surface area contributed by atoms with E-state index in [1.807, 2.05) is 0 Å². The SMILES string of the molecule is COP(=O)(CC(OC(C)=O)c1c(I)c(N)c(I)c(N)c1I)OC. The Balaban J connectivity index is 3.50. The van der Waals surface area contributed by atoms with Crippen LogP contribution in [0.15, 0.2) is 0 Å². The van der Waals surface area contributed by atoms with Crippen LogP contribution in [0.3, 0.4) is 0 Å². The van der Waals surface area contributed by atoms with Crippen molar-refractivity contribution in [1.29, 1.82) is 0 Å². The van der Waals surface area contributed by atoms with Gasteiger partial charge in [0.1, 0.15) is 6.10 Å². The molecule has 0 aliphatic carbocycles. The Morgan fingerprint density at radius 1 is 1.09 bits per heavy atom. The lowest BCUT2D eigenvalue weighted by Crippen LogP contribution is -2.19. The monoisotopic (exact) mass is 680 g/mol. The second-order valence-electron chi connectivity index (χ2n) is 4.44. The molecule has 23 heavy (non-hydrogen) atoms. The Bertz CT molecular complexity index is 634. The maximum Gasteiger partial charge on any atom is 0.334 e. The average molecular weight is 680 g/mol. The van der Waals surface area contributed by atoms with E-state index in [9.17, 15) is 9.36 Å². The molecule has 0 aliphatic heterocycles. The maximum absolute atomic E-state index is 12.5. The van der Waals surface area contributed by atoms with Crippen molar-refractivity contribution in [2.75, 3.05) is 31.8 Å². The maximum atomic E-state index is 12.5. The average Bonchev–Trinajstić information content (AvgIpc) is 2.50. The lowest BCUT2D eigenvalue weighted by Gasteiger charge is -2.25. The molecule has 0 heterocycles. The smallest absolute Gasteiger partial charge is 0.334 e. The summed E-state index contributed by atoms with van der Waals surface area (Å²) in [6, 6.07) is 0. The van der Waals surface area contributed by atoms with E-state index in [1.54, 1.807) is 0 Å². The summed E-state index contributed by atoms with van der Waals surface area (Å²) in [5.74, 6) is -0.518. The van der Waals surface area contributed by atoms with Gasteiger partial charge in [0.25, 0.3) is 0 Å². The number of anilines is 2. The number of halogens is 3. The van der Waals surface area contributed by atoms with Crippen molar-refractivity contribution in [1.82, 2.24) is 0 Å². The molecule has 1 atom stereocenters. The van der Waals surface area contributed by atoms with Crippen molar-refractivity contribution < 1.29 is 23.1 Å². The number of hydrogen-bond acceptors (Lipinski definition) is 7. The van der Waals surface area contributed by atoms with E-state index in [0.29, 0.717) is 24.1 Å². The fourth-order valence-corrected chi connectivity index (χ4v) is 6.79. The Hall–Kier alpha value is 0.630. The lowest BCUT2D eigenvalue weighted by atomic mass is 10.1. The molecule has 1 aromatic carbocycles. The minimum absolute atomic E-state index is 0.134. The van der Waals surface area contributed by atoms with E-state index in [0.717, 1.165) is 3.57 Å². The number of rotatable bonds is 6. The number of hydrogen-bond donors (Lipinski definition) is 2. The summed E-state index contributed by atoms with van der Waals surface area (Å²) in [5.41, 5.74) is 13.7. The van der Waals surface area contributed by atoms with Crippen LogP contribution in [0.2, 0.25) is 0 Å². The fraction of sp³-hybridized carbons (Fsp3) is 0.417. The van der Waals surface area contributed by atoms with Gasteiger partial charge in [0.2, 0.25) is 0 Å². The van der Waals surface area contributed by atoms with E-state index < -0.39 is 19.7 Å². The van der Waals surface area contributed by atoms with E-state index >= 15 is 0 Å². The van der Waals surface area contributed by atoms with Crippen LogP contribution in [0.5, 0.6) is 0 Å². The Morgan fingerprint density at radius 3 is 1.87 bits per heavy atom. The predicted octanol–water partition coefficient (Wildman–Crippen LogP) is 3.75. The molecule has 0 saturated heterocycles. The van der Waals surface area contributed by atoms with Crippen LogP contribution < -0.4 is 11.5 Å². The molecule has 4 N–H and O–H groups in total. The van der Waals surface area contributed by atoms with Crippen molar-refractivity contribution in [3.8, 4) is 0 Å². The minimum Gasteiger partial charge on any atom is -0.457 e. The number of carbonyl (C=O) groups is 1. The Morgan fingerprint density at radius 2 is 1.52 bits per heavy atom. The van der Waals surface area contributed by atoms with Gasteiger partial charge < -0.3 is 25.3 Å². The number of ether oxygens (including phenoxy) is 1. The van der Waals surface area contributed by atoms with Crippen molar-refractivity contribution >= 4 is 92.7 Å². The van der Waals surface area contributed by atoms with Crippen molar-refractivity contribution in [3.05, 3.63) is 16.3 Å². The number of benzene rings is 1. The molecule has 0 aromatic heterocycles. The van der Waals surface area contributed by atoms with Crippen LogP contribution >= 0.6 is 75.4 Å². The molecule has 0 amide bonds. The molecule has 130 valence electrons. The van der Waals surface area contributed by atoms with Gasteiger partial charge in [0, 0.05) is 33.8 Å². The van der Waals surface area contributed by atoms with Crippen molar-refractivity contribution in [3.63, 3.8) is 0 Å². The molecule has 0 aliphatic rings. The zero-order chi connectivity index (χ0) is 17.9. The highest BCUT2D eigenvalue weighted by molar-refractivity contribution is 14.1. The van der Waals surface area contributed by atoms with Crippen LogP contribution in [-0.2, 0) is 23.1 Å².